The Morgan fingerprint density at radius 2 is 1.88 bits per heavy atom. The van der Waals surface area contributed by atoms with Gasteiger partial charge in [0.2, 0.25) is 0 Å². The number of aliphatic hydroxyl groups excluding tert-OH is 1. The Labute approximate surface area is 100 Å². The van der Waals surface area contributed by atoms with Crippen LogP contribution < -0.4 is 0 Å². The van der Waals surface area contributed by atoms with Crippen LogP contribution in [0.5, 0.6) is 0 Å². The third-order valence-corrected chi connectivity index (χ3v) is 1.91. The van der Waals surface area contributed by atoms with E-state index in [2.05, 4.69) is 11.3 Å². The van der Waals surface area contributed by atoms with Crippen molar-refractivity contribution < 1.29 is 28.8 Å². The molecule has 2 atom stereocenters. The molecule has 0 aromatic carbocycles. The predicted molar refractivity (Wildman–Crippen MR) is 58.5 cm³/mol. The molecule has 2 aliphatic rings. The minimum absolute atomic E-state index is 0.0465. The van der Waals surface area contributed by atoms with Crippen LogP contribution in [0, 0.1) is 0 Å². The van der Waals surface area contributed by atoms with Crippen LogP contribution >= 0.6 is 0 Å². The molecule has 6 heteroatoms. The van der Waals surface area contributed by atoms with Gasteiger partial charge in [-0.05, 0) is 0 Å². The number of carbonyl (C=O) groups is 1. The summed E-state index contributed by atoms with van der Waals surface area (Å²) in [5.41, 5.74) is 0. The first kappa shape index (κ1) is 14.1. The molecule has 2 heterocycles. The van der Waals surface area contributed by atoms with Crippen LogP contribution in [0.4, 0.5) is 0 Å². The van der Waals surface area contributed by atoms with E-state index in [-0.39, 0.29) is 13.2 Å². The van der Waals surface area contributed by atoms with E-state index in [0.29, 0.717) is 12.2 Å². The second-order valence-corrected chi connectivity index (χ2v) is 3.54. The molecule has 2 saturated heterocycles. The third-order valence-electron chi connectivity index (χ3n) is 1.91. The fourth-order valence-electron chi connectivity index (χ4n) is 0.865. The number of esters is 1. The summed E-state index contributed by atoms with van der Waals surface area (Å²) in [6, 6.07) is 0. The minimum atomic E-state index is -0.501. The Morgan fingerprint density at radius 3 is 2.24 bits per heavy atom. The number of rotatable bonds is 7. The van der Waals surface area contributed by atoms with Crippen molar-refractivity contribution in [3.8, 4) is 0 Å². The molecule has 0 amide bonds. The summed E-state index contributed by atoms with van der Waals surface area (Å²) in [5, 5.41) is 8.10. The molecule has 0 spiro atoms. The minimum Gasteiger partial charge on any atom is -0.460 e. The van der Waals surface area contributed by atoms with Crippen LogP contribution in [0.3, 0.4) is 0 Å². The highest BCUT2D eigenvalue weighted by molar-refractivity contribution is 5.81. The van der Waals surface area contributed by atoms with Gasteiger partial charge in [0, 0.05) is 6.08 Å². The Hall–Kier alpha value is -0.950. The summed E-state index contributed by atoms with van der Waals surface area (Å²) in [4.78, 5) is 10.1. The molecule has 0 aliphatic carbocycles. The molecule has 2 rings (SSSR count). The van der Waals surface area contributed by atoms with Crippen molar-refractivity contribution in [2.75, 3.05) is 39.6 Å². The van der Waals surface area contributed by atoms with Gasteiger partial charge in [0.25, 0.3) is 0 Å². The molecule has 0 bridgehead atoms. The van der Waals surface area contributed by atoms with Crippen molar-refractivity contribution in [2.45, 2.75) is 12.2 Å². The van der Waals surface area contributed by atoms with Crippen molar-refractivity contribution in [2.24, 2.45) is 0 Å². The van der Waals surface area contributed by atoms with Crippen LogP contribution in [0.15, 0.2) is 12.7 Å². The van der Waals surface area contributed by atoms with Crippen LogP contribution in [-0.4, -0.2) is 62.9 Å². The normalized spacial score (nSPS) is 24.3. The lowest BCUT2D eigenvalue weighted by atomic mass is 10.5. The van der Waals surface area contributed by atoms with Crippen LogP contribution in [0.2, 0.25) is 0 Å². The summed E-state index contributed by atoms with van der Waals surface area (Å²) in [6.07, 6.45) is 1.84. The van der Waals surface area contributed by atoms with Crippen molar-refractivity contribution in [3.63, 3.8) is 0 Å². The lowest BCUT2D eigenvalue weighted by Gasteiger charge is -1.95. The molecule has 2 fully saturated rings. The molecule has 6 nitrogen and oxygen atoms in total. The second-order valence-electron chi connectivity index (χ2n) is 3.54. The maximum absolute atomic E-state index is 10.1. The van der Waals surface area contributed by atoms with E-state index in [4.69, 9.17) is 19.3 Å². The first-order valence-electron chi connectivity index (χ1n) is 5.47. The maximum Gasteiger partial charge on any atom is 0.330 e. The average molecular weight is 246 g/mol. The van der Waals surface area contributed by atoms with Gasteiger partial charge in [-0.1, -0.05) is 6.58 Å². The van der Waals surface area contributed by atoms with E-state index in [1.807, 2.05) is 0 Å². The Bertz CT molecular complexity index is 222. The van der Waals surface area contributed by atoms with Gasteiger partial charge in [-0.15, -0.1) is 0 Å². The van der Waals surface area contributed by atoms with Crippen molar-refractivity contribution in [1.82, 2.24) is 0 Å². The van der Waals surface area contributed by atoms with Gasteiger partial charge in [-0.2, -0.15) is 0 Å². The topological polar surface area (TPSA) is 80.8 Å². The fourth-order valence-corrected chi connectivity index (χ4v) is 0.865. The molecule has 17 heavy (non-hydrogen) atoms. The quantitative estimate of drug-likeness (QED) is 0.371. The average Bonchev–Trinajstić information content (AvgIpc) is 3.20. The lowest BCUT2D eigenvalue weighted by molar-refractivity contribution is -0.138. The molecule has 0 aromatic rings. The fraction of sp³-hybridized carbons (Fsp3) is 0.727. The monoisotopic (exact) mass is 246 g/mol. The molecule has 1 N–H and O–H groups in total. The molecule has 0 aromatic heterocycles. The largest absolute Gasteiger partial charge is 0.460 e. The molecular formula is C11H18O6. The smallest absolute Gasteiger partial charge is 0.330 e. The van der Waals surface area contributed by atoms with E-state index < -0.39 is 5.97 Å². The summed E-state index contributed by atoms with van der Waals surface area (Å²) in [7, 11) is 0. The number of epoxide rings is 2. The zero-order chi connectivity index (χ0) is 12.5. The molecule has 98 valence electrons. The zero-order valence-corrected chi connectivity index (χ0v) is 9.67. The van der Waals surface area contributed by atoms with Crippen molar-refractivity contribution >= 4 is 5.97 Å². The Morgan fingerprint density at radius 1 is 1.35 bits per heavy atom. The van der Waals surface area contributed by atoms with Gasteiger partial charge in [-0.25, -0.2) is 4.79 Å². The highest BCUT2D eigenvalue weighted by Gasteiger charge is 2.26. The number of hydrogen-bond acceptors (Lipinski definition) is 6. The molecule has 0 radical (unpaired) electrons. The van der Waals surface area contributed by atoms with Gasteiger partial charge in [0.05, 0.1) is 33.0 Å². The SMILES string of the molecule is C(OCC1CO1)C1CO1.C=CC(=O)OCCO. The van der Waals surface area contributed by atoms with E-state index in [1.54, 1.807) is 0 Å². The van der Waals surface area contributed by atoms with Gasteiger partial charge in [0.15, 0.2) is 0 Å². The van der Waals surface area contributed by atoms with Crippen LogP contribution in [0.1, 0.15) is 0 Å². The number of carbonyl (C=O) groups excluding carboxylic acids is 1. The third kappa shape index (κ3) is 8.82. The summed E-state index contributed by atoms with van der Waals surface area (Å²) in [6.45, 7) is 6.33. The summed E-state index contributed by atoms with van der Waals surface area (Å²) >= 11 is 0. The van der Waals surface area contributed by atoms with Gasteiger partial charge in [0.1, 0.15) is 18.8 Å². The molecule has 2 unspecified atom stereocenters. The molecule has 2 aliphatic heterocycles. The van der Waals surface area contributed by atoms with E-state index >= 15 is 0 Å². The van der Waals surface area contributed by atoms with Crippen molar-refractivity contribution in [1.29, 1.82) is 0 Å². The number of hydrogen-bond donors (Lipinski definition) is 1. The van der Waals surface area contributed by atoms with Crippen molar-refractivity contribution in [3.05, 3.63) is 12.7 Å². The summed E-state index contributed by atoms with van der Waals surface area (Å²) < 4.78 is 19.5. The second kappa shape index (κ2) is 8.19. The number of aliphatic hydroxyl groups is 1. The Kier molecular flexibility index (Phi) is 6.80. The highest BCUT2D eigenvalue weighted by Crippen LogP contribution is 2.12. The zero-order valence-electron chi connectivity index (χ0n) is 9.67. The molecular weight excluding hydrogens is 228 g/mol. The van der Waals surface area contributed by atoms with Crippen LogP contribution in [-0.2, 0) is 23.7 Å². The first-order valence-corrected chi connectivity index (χ1v) is 5.47. The maximum atomic E-state index is 10.1. The highest BCUT2D eigenvalue weighted by atomic mass is 16.6. The first-order chi connectivity index (χ1) is 8.26. The molecule has 0 saturated carbocycles. The summed E-state index contributed by atoms with van der Waals surface area (Å²) in [5.74, 6) is -0.501. The van der Waals surface area contributed by atoms with E-state index in [0.717, 1.165) is 32.5 Å². The van der Waals surface area contributed by atoms with E-state index in [9.17, 15) is 4.79 Å². The van der Waals surface area contributed by atoms with Gasteiger partial charge in [-0.3, -0.25) is 0 Å². The standard InChI is InChI=1S/C6H10O3.C5H8O3/c1(5-3-8-5)7-2-6-4-9-6;1-2-5(7)8-4-3-6/h5-6H,1-4H2;2,6H,1,3-4H2. The van der Waals surface area contributed by atoms with Crippen LogP contribution in [0.25, 0.3) is 0 Å². The predicted octanol–water partition coefficient (Wildman–Crippen LogP) is -0.491. The lowest BCUT2D eigenvalue weighted by Crippen LogP contribution is -2.06. The van der Waals surface area contributed by atoms with Gasteiger partial charge >= 0.3 is 5.97 Å². The van der Waals surface area contributed by atoms with E-state index in [1.165, 1.54) is 0 Å². The number of ether oxygens (including phenoxy) is 4. The Balaban J connectivity index is 0.000000172. The van der Waals surface area contributed by atoms with Gasteiger partial charge < -0.3 is 24.1 Å².